The van der Waals surface area contributed by atoms with Crippen LogP contribution in [-0.2, 0) is 4.79 Å². The molecule has 0 radical (unpaired) electrons. The van der Waals surface area contributed by atoms with Gasteiger partial charge in [0.05, 0.1) is 6.07 Å². The summed E-state index contributed by atoms with van der Waals surface area (Å²) in [6, 6.07) is 2.23. The Hall–Kier alpha value is -0.770. The number of Topliss-reactive ketones (excluding diaryl/α,β-unsaturated/α-hetero) is 1. The molecule has 0 aromatic rings. The number of carbonyl (C=O) groups excluding carboxylic acids is 1. The van der Waals surface area contributed by atoms with Gasteiger partial charge < -0.3 is 5.73 Å². The van der Waals surface area contributed by atoms with Crippen LogP contribution in [0.3, 0.4) is 0 Å². The van der Waals surface area contributed by atoms with Gasteiger partial charge >= 0.3 is 0 Å². The van der Waals surface area contributed by atoms with E-state index in [9.17, 15) is 13.6 Å². The number of hydrogen-bond donors (Lipinski definition) is 2. The summed E-state index contributed by atoms with van der Waals surface area (Å²) < 4.78 is 22.4. The largest absolute Gasteiger partial charge is 0.328 e. The maximum atomic E-state index is 11.8. The van der Waals surface area contributed by atoms with E-state index in [1.165, 1.54) is 0 Å². The van der Waals surface area contributed by atoms with Crippen LogP contribution in [0.5, 0.6) is 0 Å². The second-order valence-electron chi connectivity index (χ2n) is 5.24. The molecule has 0 aromatic carbocycles. The lowest BCUT2D eigenvalue weighted by Gasteiger charge is -2.20. The maximum absolute atomic E-state index is 11.8. The SMILES string of the molecule is C.Cl.N#CC1(NCCF)CCCC1.NCCF.O=C1CCCC1. The van der Waals surface area contributed by atoms with Gasteiger partial charge in [-0.25, -0.2) is 8.78 Å². The van der Waals surface area contributed by atoms with Crippen molar-refractivity contribution in [1.29, 1.82) is 5.26 Å². The van der Waals surface area contributed by atoms with Crippen molar-refractivity contribution in [2.45, 2.75) is 64.3 Å². The number of nitrogens with one attached hydrogen (secondary N) is 1. The number of ketones is 1. The molecule has 2 saturated carbocycles. The molecule has 7 heteroatoms. The Morgan fingerprint density at radius 3 is 1.87 bits per heavy atom. The number of rotatable bonds is 4. The van der Waals surface area contributed by atoms with E-state index in [0.29, 0.717) is 12.3 Å². The van der Waals surface area contributed by atoms with Crippen LogP contribution in [0.25, 0.3) is 0 Å². The molecule has 0 heterocycles. The summed E-state index contributed by atoms with van der Waals surface area (Å²) in [5, 5.41) is 11.8. The van der Waals surface area contributed by atoms with Crippen LogP contribution in [0.15, 0.2) is 0 Å². The Morgan fingerprint density at radius 1 is 1.13 bits per heavy atom. The number of carbonyl (C=O) groups is 1. The molecule has 2 aliphatic rings. The summed E-state index contributed by atoms with van der Waals surface area (Å²) in [4.78, 5) is 10.2. The quantitative estimate of drug-likeness (QED) is 0.809. The van der Waals surface area contributed by atoms with Crippen LogP contribution in [0.4, 0.5) is 8.78 Å². The standard InChI is InChI=1S/C8H13FN2.C5H8O.C2H6FN.CH4.ClH/c9-5-6-11-8(7-10)3-1-2-4-8;6-5-3-1-2-4-5;3-1-2-4;;/h11H,1-6H2;1-4H2;1-2,4H2;1H4;1H. The zero-order valence-corrected chi connectivity index (χ0v) is 13.9. The van der Waals surface area contributed by atoms with Crippen molar-refractivity contribution < 1.29 is 13.6 Å². The molecule has 2 fully saturated rings. The van der Waals surface area contributed by atoms with Crippen molar-refractivity contribution in [1.82, 2.24) is 5.32 Å². The van der Waals surface area contributed by atoms with Gasteiger partial charge in [-0.2, -0.15) is 5.26 Å². The van der Waals surface area contributed by atoms with Crippen LogP contribution < -0.4 is 11.1 Å². The number of alkyl halides is 2. The Balaban J connectivity index is -0.000000286. The van der Waals surface area contributed by atoms with Gasteiger partial charge in [0.15, 0.2) is 0 Å². The average molecular weight is 356 g/mol. The molecule has 2 aliphatic carbocycles. The third-order valence-corrected chi connectivity index (χ3v) is 3.50. The highest BCUT2D eigenvalue weighted by Crippen LogP contribution is 2.28. The number of hydrogen-bond acceptors (Lipinski definition) is 4. The summed E-state index contributed by atoms with van der Waals surface area (Å²) in [7, 11) is 0. The summed E-state index contributed by atoms with van der Waals surface area (Å²) in [5.41, 5.74) is 4.26. The zero-order chi connectivity index (χ0) is 16.0. The lowest BCUT2D eigenvalue weighted by Crippen LogP contribution is -2.42. The van der Waals surface area contributed by atoms with Crippen molar-refractivity contribution in [3.63, 3.8) is 0 Å². The van der Waals surface area contributed by atoms with E-state index in [4.69, 9.17) is 5.26 Å². The molecule has 3 N–H and O–H groups in total. The minimum atomic E-state index is -0.403. The molecule has 4 nitrogen and oxygen atoms in total. The lowest BCUT2D eigenvalue weighted by atomic mass is 10.0. The molecule has 0 bridgehead atoms. The first-order valence-electron chi connectivity index (χ1n) is 7.64. The van der Waals surface area contributed by atoms with Gasteiger partial charge in [-0.15, -0.1) is 12.4 Å². The Kier molecular flexibility index (Phi) is 20.7. The van der Waals surface area contributed by atoms with Gasteiger partial charge in [-0.05, 0) is 25.7 Å². The fraction of sp³-hybridized carbons (Fsp3) is 0.875. The third kappa shape index (κ3) is 13.4. The first-order valence-corrected chi connectivity index (χ1v) is 7.64. The molecule has 0 unspecified atom stereocenters. The van der Waals surface area contributed by atoms with Gasteiger partial charge in [-0.1, -0.05) is 20.3 Å². The Morgan fingerprint density at radius 2 is 1.61 bits per heavy atom. The minimum Gasteiger partial charge on any atom is -0.328 e. The van der Waals surface area contributed by atoms with E-state index in [1.54, 1.807) is 0 Å². The molecule has 0 atom stereocenters. The van der Waals surface area contributed by atoms with Crippen molar-refractivity contribution in [3.8, 4) is 6.07 Å². The second-order valence-corrected chi connectivity index (χ2v) is 5.24. The molecule has 0 aromatic heterocycles. The van der Waals surface area contributed by atoms with Gasteiger partial charge in [0.1, 0.15) is 24.7 Å². The smallest absolute Gasteiger partial charge is 0.132 e. The van der Waals surface area contributed by atoms with Crippen LogP contribution >= 0.6 is 12.4 Å². The highest BCUT2D eigenvalue weighted by atomic mass is 35.5. The van der Waals surface area contributed by atoms with Crippen molar-refractivity contribution in [2.24, 2.45) is 5.73 Å². The molecular weight excluding hydrogens is 324 g/mol. The second kappa shape index (κ2) is 17.6. The average Bonchev–Trinajstić information content (AvgIpc) is 3.18. The first-order chi connectivity index (χ1) is 10.1. The fourth-order valence-corrected chi connectivity index (χ4v) is 2.36. The Labute approximate surface area is 145 Å². The molecule has 138 valence electrons. The summed E-state index contributed by atoms with van der Waals surface area (Å²) in [6.07, 6.45) is 7.91. The van der Waals surface area contributed by atoms with Gasteiger partial charge in [0.2, 0.25) is 0 Å². The number of halogens is 3. The summed E-state index contributed by atoms with van der Waals surface area (Å²) >= 11 is 0. The fourth-order valence-electron chi connectivity index (χ4n) is 2.36. The van der Waals surface area contributed by atoms with Crippen molar-refractivity contribution in [2.75, 3.05) is 26.4 Å². The van der Waals surface area contributed by atoms with Gasteiger partial charge in [-0.3, -0.25) is 10.1 Å². The third-order valence-electron chi connectivity index (χ3n) is 3.50. The number of nitriles is 1. The van der Waals surface area contributed by atoms with Gasteiger partial charge in [0.25, 0.3) is 0 Å². The minimum absolute atomic E-state index is 0. The summed E-state index contributed by atoms with van der Waals surface area (Å²) in [6.45, 7) is -0.322. The predicted molar refractivity (Wildman–Crippen MR) is 93.3 cm³/mol. The number of nitrogens with zero attached hydrogens (tertiary/aromatic N) is 1. The predicted octanol–water partition coefficient (Wildman–Crippen LogP) is 3.48. The molecule has 2 rings (SSSR count). The molecular formula is C16H32ClF2N3O. The first kappa shape index (κ1) is 27.1. The van der Waals surface area contributed by atoms with Crippen LogP contribution in [0, 0.1) is 11.3 Å². The highest BCUT2D eigenvalue weighted by molar-refractivity contribution is 5.85. The van der Waals surface area contributed by atoms with E-state index in [2.05, 4.69) is 17.1 Å². The van der Waals surface area contributed by atoms with E-state index in [-0.39, 0.29) is 33.1 Å². The molecule has 0 aliphatic heterocycles. The maximum Gasteiger partial charge on any atom is 0.132 e. The number of nitrogens with two attached hydrogens (primary N) is 1. The van der Waals surface area contributed by atoms with Crippen molar-refractivity contribution in [3.05, 3.63) is 0 Å². The van der Waals surface area contributed by atoms with E-state index < -0.39 is 12.2 Å². The Bertz CT molecular complexity index is 309. The van der Waals surface area contributed by atoms with Crippen molar-refractivity contribution >= 4 is 18.2 Å². The normalized spacial score (nSPS) is 17.4. The topological polar surface area (TPSA) is 78.9 Å². The molecule has 23 heavy (non-hydrogen) atoms. The van der Waals surface area contributed by atoms with Crippen LogP contribution in [0.1, 0.15) is 58.8 Å². The summed E-state index contributed by atoms with van der Waals surface area (Å²) in [5.74, 6) is 0.454. The molecule has 0 amide bonds. The van der Waals surface area contributed by atoms with E-state index >= 15 is 0 Å². The highest BCUT2D eigenvalue weighted by Gasteiger charge is 2.32. The molecule has 0 spiro atoms. The van der Waals surface area contributed by atoms with E-state index in [1.807, 2.05) is 0 Å². The monoisotopic (exact) mass is 355 g/mol. The van der Waals surface area contributed by atoms with E-state index in [0.717, 1.165) is 51.4 Å². The molecule has 0 saturated heterocycles. The van der Waals surface area contributed by atoms with Crippen LogP contribution in [0.2, 0.25) is 0 Å². The zero-order valence-electron chi connectivity index (χ0n) is 13.1. The van der Waals surface area contributed by atoms with Gasteiger partial charge in [0, 0.05) is 25.9 Å². The lowest BCUT2D eigenvalue weighted by molar-refractivity contribution is -0.117. The van der Waals surface area contributed by atoms with Crippen LogP contribution in [-0.4, -0.2) is 37.8 Å².